The van der Waals surface area contributed by atoms with Crippen molar-refractivity contribution >= 4 is 23.2 Å². The molecule has 3 unspecified atom stereocenters. The van der Waals surface area contributed by atoms with Crippen LogP contribution in [0.25, 0.3) is 10.4 Å². The molecule has 5 rings (SSSR count). The maximum Gasteiger partial charge on any atom is 0.248 e. The van der Waals surface area contributed by atoms with Gasteiger partial charge in [-0.05, 0) is 29.0 Å². The van der Waals surface area contributed by atoms with Gasteiger partial charge in [0.2, 0.25) is 11.8 Å². The molecule has 3 heterocycles. The molecule has 3 atom stereocenters. The van der Waals surface area contributed by atoms with E-state index in [-0.39, 0.29) is 24.8 Å². The lowest BCUT2D eigenvalue weighted by Crippen LogP contribution is -2.50. The number of aliphatic hydroxyl groups excluding tert-OH is 1. The van der Waals surface area contributed by atoms with Crippen molar-refractivity contribution in [3.63, 3.8) is 0 Å². The number of β-amino-alcohol motifs (C(OH)–C–C–N with tert-alkyl or cyclic N) is 1. The minimum absolute atomic E-state index is 0.0952. The van der Waals surface area contributed by atoms with Gasteiger partial charge in [-0.25, -0.2) is 9.67 Å². The van der Waals surface area contributed by atoms with Crippen LogP contribution in [-0.4, -0.2) is 60.5 Å². The van der Waals surface area contributed by atoms with Crippen molar-refractivity contribution < 1.29 is 14.7 Å². The predicted octanol–water partition coefficient (Wildman–Crippen LogP) is 4.17. The van der Waals surface area contributed by atoms with E-state index in [4.69, 9.17) is 0 Å². The van der Waals surface area contributed by atoms with Crippen LogP contribution in [0.15, 0.2) is 66.3 Å². The lowest BCUT2D eigenvalue weighted by Gasteiger charge is -2.34. The number of hydrogen-bond acceptors (Lipinski definition) is 7. The second-order valence-corrected chi connectivity index (χ2v) is 12.6. The van der Waals surface area contributed by atoms with Gasteiger partial charge in [-0.1, -0.05) is 80.6 Å². The van der Waals surface area contributed by atoms with Crippen molar-refractivity contribution in [3.05, 3.63) is 88.8 Å². The number of likely N-dealkylation sites (tertiary alicyclic amines) is 1. The zero-order valence-corrected chi connectivity index (χ0v) is 24.6. The first-order valence-corrected chi connectivity index (χ1v) is 14.7. The molecule has 2 aromatic carbocycles. The third-order valence-corrected chi connectivity index (χ3v) is 8.38. The molecular formula is C31H36N6O3S. The third-order valence-electron chi connectivity index (χ3n) is 7.40. The first-order chi connectivity index (χ1) is 19.6. The highest BCUT2D eigenvalue weighted by atomic mass is 32.1. The van der Waals surface area contributed by atoms with Gasteiger partial charge in [0.25, 0.3) is 0 Å². The van der Waals surface area contributed by atoms with Crippen LogP contribution in [0.2, 0.25) is 0 Å². The van der Waals surface area contributed by atoms with Crippen molar-refractivity contribution in [1.29, 1.82) is 0 Å². The van der Waals surface area contributed by atoms with Crippen LogP contribution >= 0.6 is 11.3 Å². The Bertz CT molecular complexity index is 1490. The Balaban J connectivity index is 1.28. The van der Waals surface area contributed by atoms with Gasteiger partial charge in [0.1, 0.15) is 12.1 Å². The molecule has 1 aliphatic heterocycles. The number of carbonyl (C=O) groups excluding carboxylic acids is 2. The Hall–Kier alpha value is -3.89. The molecule has 0 aliphatic carbocycles. The van der Waals surface area contributed by atoms with E-state index in [9.17, 15) is 14.7 Å². The summed E-state index contributed by atoms with van der Waals surface area (Å²) in [6, 6.07) is 16.5. The Labute approximate surface area is 244 Å². The quantitative estimate of drug-likeness (QED) is 0.328. The van der Waals surface area contributed by atoms with E-state index in [1.54, 1.807) is 22.2 Å². The molecular weight excluding hydrogens is 536 g/mol. The molecule has 1 fully saturated rings. The van der Waals surface area contributed by atoms with Crippen molar-refractivity contribution in [2.45, 2.75) is 65.3 Å². The Kier molecular flexibility index (Phi) is 8.32. The minimum Gasteiger partial charge on any atom is -0.391 e. The number of carbonyl (C=O) groups is 2. The van der Waals surface area contributed by atoms with Gasteiger partial charge >= 0.3 is 0 Å². The van der Waals surface area contributed by atoms with Gasteiger partial charge in [0.05, 0.1) is 27.9 Å². The highest BCUT2D eigenvalue weighted by Crippen LogP contribution is 2.34. The standard InChI is InChI=1S/C31H36N6O3S/c1-20-27(41-19-33-20)23-12-10-22(11-13-23)16-32-29(39)26-15-25(38)18-36(26)30(40)28(31(2,3)4)37-17-24(34-35-37)14-21-8-6-5-7-9-21/h5-13,17,19,25-26,28,38H,14-16,18H2,1-4H3,(H,32,39). The fraction of sp³-hybridized carbons (Fsp3) is 0.387. The fourth-order valence-corrected chi connectivity index (χ4v) is 6.14. The third kappa shape index (κ3) is 6.55. The number of aryl methyl sites for hydroxylation is 1. The lowest BCUT2D eigenvalue weighted by molar-refractivity contribution is -0.144. The van der Waals surface area contributed by atoms with Crippen LogP contribution in [0, 0.1) is 12.3 Å². The Morgan fingerprint density at radius 1 is 1.10 bits per heavy atom. The molecule has 0 spiro atoms. The van der Waals surface area contributed by atoms with Crippen LogP contribution < -0.4 is 5.32 Å². The minimum atomic E-state index is -0.776. The highest BCUT2D eigenvalue weighted by molar-refractivity contribution is 7.13. The summed E-state index contributed by atoms with van der Waals surface area (Å²) in [6.45, 7) is 8.30. The van der Waals surface area contributed by atoms with Gasteiger partial charge in [-0.2, -0.15) is 0 Å². The predicted molar refractivity (Wildman–Crippen MR) is 158 cm³/mol. The first-order valence-electron chi connectivity index (χ1n) is 13.8. The van der Waals surface area contributed by atoms with Crippen LogP contribution in [0.3, 0.4) is 0 Å². The van der Waals surface area contributed by atoms with Crippen LogP contribution in [-0.2, 0) is 22.6 Å². The second-order valence-electron chi connectivity index (χ2n) is 11.7. The summed E-state index contributed by atoms with van der Waals surface area (Å²) in [5, 5.41) is 22.1. The molecule has 214 valence electrons. The molecule has 0 radical (unpaired) electrons. The van der Waals surface area contributed by atoms with E-state index in [1.165, 1.54) is 4.90 Å². The number of nitrogens with zero attached hydrogens (tertiary/aromatic N) is 5. The van der Waals surface area contributed by atoms with Gasteiger partial charge < -0.3 is 15.3 Å². The molecule has 2 N–H and O–H groups in total. The lowest BCUT2D eigenvalue weighted by atomic mass is 9.85. The molecule has 1 aliphatic rings. The molecule has 2 aromatic heterocycles. The zero-order valence-electron chi connectivity index (χ0n) is 23.8. The van der Waals surface area contributed by atoms with Gasteiger partial charge in [-0.15, -0.1) is 16.4 Å². The largest absolute Gasteiger partial charge is 0.391 e. The number of aliphatic hydroxyl groups is 1. The topological polar surface area (TPSA) is 113 Å². The second kappa shape index (κ2) is 11.9. The van der Waals surface area contributed by atoms with Crippen molar-refractivity contribution in [1.82, 2.24) is 30.2 Å². The maximum absolute atomic E-state index is 14.0. The molecule has 9 nitrogen and oxygen atoms in total. The zero-order chi connectivity index (χ0) is 29.1. The molecule has 4 aromatic rings. The number of hydrogen-bond donors (Lipinski definition) is 2. The Morgan fingerprint density at radius 3 is 2.49 bits per heavy atom. The Morgan fingerprint density at radius 2 is 1.83 bits per heavy atom. The summed E-state index contributed by atoms with van der Waals surface area (Å²) in [7, 11) is 0. The summed E-state index contributed by atoms with van der Waals surface area (Å²) in [5.41, 5.74) is 6.20. The number of aromatic nitrogens is 4. The number of benzene rings is 2. The smallest absolute Gasteiger partial charge is 0.248 e. The monoisotopic (exact) mass is 572 g/mol. The number of nitrogens with one attached hydrogen (secondary N) is 1. The summed E-state index contributed by atoms with van der Waals surface area (Å²) >= 11 is 1.60. The van der Waals surface area contributed by atoms with Crippen LogP contribution in [0.4, 0.5) is 0 Å². The molecule has 0 bridgehead atoms. The molecule has 2 amide bonds. The summed E-state index contributed by atoms with van der Waals surface area (Å²) in [6.07, 6.45) is 1.82. The van der Waals surface area contributed by atoms with E-state index < -0.39 is 23.6 Å². The van der Waals surface area contributed by atoms with Crippen molar-refractivity contribution in [3.8, 4) is 10.4 Å². The van der Waals surface area contributed by atoms with E-state index in [2.05, 4.69) is 20.6 Å². The van der Waals surface area contributed by atoms with E-state index >= 15 is 0 Å². The molecule has 0 saturated carbocycles. The highest BCUT2D eigenvalue weighted by Gasteiger charge is 2.45. The number of rotatable bonds is 8. The first kappa shape index (κ1) is 28.6. The molecule has 1 saturated heterocycles. The molecule has 10 heteroatoms. The summed E-state index contributed by atoms with van der Waals surface area (Å²) in [5.74, 6) is -0.539. The van der Waals surface area contributed by atoms with E-state index in [0.717, 1.165) is 33.0 Å². The van der Waals surface area contributed by atoms with Crippen LogP contribution in [0.5, 0.6) is 0 Å². The average Bonchev–Trinajstić information content (AvgIpc) is 3.67. The maximum atomic E-state index is 14.0. The SMILES string of the molecule is Cc1ncsc1-c1ccc(CNC(=O)C2CC(O)CN2C(=O)C(n2cc(Cc3ccccc3)nn2)C(C)(C)C)cc1. The van der Waals surface area contributed by atoms with Gasteiger partial charge in [0, 0.05) is 32.1 Å². The molecule has 41 heavy (non-hydrogen) atoms. The number of thiazole rings is 1. The van der Waals surface area contributed by atoms with Crippen LogP contribution in [0.1, 0.15) is 55.7 Å². The summed E-state index contributed by atoms with van der Waals surface area (Å²) < 4.78 is 1.60. The van der Waals surface area contributed by atoms with E-state index in [1.807, 2.05) is 87.8 Å². The van der Waals surface area contributed by atoms with Gasteiger partial charge in [-0.3, -0.25) is 9.59 Å². The fourth-order valence-electron chi connectivity index (χ4n) is 5.33. The van der Waals surface area contributed by atoms with Crippen molar-refractivity contribution in [2.24, 2.45) is 5.41 Å². The number of amides is 2. The normalized spacial score (nSPS) is 17.9. The van der Waals surface area contributed by atoms with E-state index in [0.29, 0.717) is 13.0 Å². The van der Waals surface area contributed by atoms with Crippen molar-refractivity contribution in [2.75, 3.05) is 6.54 Å². The van der Waals surface area contributed by atoms with Gasteiger partial charge in [0.15, 0.2) is 0 Å². The summed E-state index contributed by atoms with van der Waals surface area (Å²) in [4.78, 5) is 34.3. The average molecular weight is 573 g/mol.